The number of nitrogens with one attached hydrogen (secondary N) is 4. The van der Waals surface area contributed by atoms with Crippen molar-refractivity contribution in [1.29, 1.82) is 0 Å². The molecule has 0 bridgehead atoms. The largest absolute Gasteiger partial charge is 0.346 e. The number of rotatable bonds is 13. The molecular weight excluding hydrogens is 596 g/mol. The maximum atomic E-state index is 12.5. The van der Waals surface area contributed by atoms with Gasteiger partial charge in [0, 0.05) is 36.4 Å². The number of H-pyrrole nitrogens is 2. The minimum atomic E-state index is -0.173. The molecule has 0 spiro atoms. The Balaban J connectivity index is 1.30. The number of hydrogen-bond donors (Lipinski definition) is 4. The van der Waals surface area contributed by atoms with Crippen LogP contribution in [0.25, 0.3) is 44.4 Å². The lowest BCUT2D eigenvalue weighted by atomic mass is 9.98. The molecule has 252 valence electrons. The van der Waals surface area contributed by atoms with E-state index in [-0.39, 0.29) is 35.7 Å². The number of aromatic amines is 2. The van der Waals surface area contributed by atoms with E-state index in [1.54, 1.807) is 0 Å². The smallest absolute Gasteiger partial charge is 0.220 e. The first-order valence-electron chi connectivity index (χ1n) is 17.2. The molecule has 2 atom stereocenters. The van der Waals surface area contributed by atoms with Gasteiger partial charge in [-0.05, 0) is 57.7 Å². The van der Waals surface area contributed by atoms with Gasteiger partial charge in [-0.25, -0.2) is 9.97 Å². The monoisotopic (exact) mass is 646 g/mol. The minimum Gasteiger partial charge on any atom is -0.346 e. The van der Waals surface area contributed by atoms with Gasteiger partial charge in [0.15, 0.2) is 0 Å². The molecular formula is C40H50N6O2. The van der Waals surface area contributed by atoms with Crippen LogP contribution in [0.2, 0.25) is 0 Å². The summed E-state index contributed by atoms with van der Waals surface area (Å²) >= 11 is 0. The molecule has 48 heavy (non-hydrogen) atoms. The van der Waals surface area contributed by atoms with Crippen molar-refractivity contribution >= 4 is 22.6 Å². The normalized spacial score (nSPS) is 13.1. The van der Waals surface area contributed by atoms with Crippen LogP contribution < -0.4 is 10.6 Å². The third-order valence-corrected chi connectivity index (χ3v) is 8.59. The van der Waals surface area contributed by atoms with Crippen molar-refractivity contribution in [3.8, 4) is 33.6 Å². The zero-order valence-electron chi connectivity index (χ0n) is 29.5. The predicted octanol–water partition coefficient (Wildman–Crippen LogP) is 9.01. The van der Waals surface area contributed by atoms with Gasteiger partial charge in [-0.15, -0.1) is 0 Å². The summed E-state index contributed by atoms with van der Waals surface area (Å²) in [5, 5.41) is 8.60. The van der Waals surface area contributed by atoms with Crippen LogP contribution in [0, 0.1) is 23.7 Å². The molecule has 4 N–H and O–H groups in total. The van der Waals surface area contributed by atoms with E-state index in [4.69, 9.17) is 9.97 Å². The van der Waals surface area contributed by atoms with Gasteiger partial charge in [0.2, 0.25) is 11.8 Å². The first-order chi connectivity index (χ1) is 22.9. The Morgan fingerprint density at radius 1 is 0.562 bits per heavy atom. The van der Waals surface area contributed by atoms with Gasteiger partial charge in [-0.1, -0.05) is 104 Å². The lowest BCUT2D eigenvalue weighted by Gasteiger charge is -2.21. The molecule has 2 amide bonds. The minimum absolute atomic E-state index is 0.0480. The van der Waals surface area contributed by atoms with Gasteiger partial charge < -0.3 is 20.6 Å². The molecule has 0 aliphatic rings. The van der Waals surface area contributed by atoms with E-state index >= 15 is 0 Å². The van der Waals surface area contributed by atoms with Crippen LogP contribution in [-0.2, 0) is 9.59 Å². The standard InChI is InChI=1S/C40H50N6O2/c1-23(2)17-35(47)45-37(25(5)6)39-41-21-33(43-39)28-11-9-27(10-12-28)29-13-14-31-20-32(16-15-30(31)19-29)34-22-42-40(44-34)38(26(7)8)46-36(48)18-24(3)4/h9-16,19-26,37-38H,17-18H2,1-8H3,(H,41,43)(H,42,44)(H,45,47)(H,46,48). The number of hydrogen-bond acceptors (Lipinski definition) is 4. The van der Waals surface area contributed by atoms with E-state index in [1.807, 2.05) is 40.1 Å². The van der Waals surface area contributed by atoms with Crippen LogP contribution in [0.1, 0.15) is 92.0 Å². The Labute approximate surface area is 284 Å². The van der Waals surface area contributed by atoms with E-state index in [1.165, 1.54) is 0 Å². The molecule has 0 aliphatic carbocycles. The summed E-state index contributed by atoms with van der Waals surface area (Å²) in [6.45, 7) is 16.6. The molecule has 2 aromatic heterocycles. The molecule has 0 fully saturated rings. The first kappa shape index (κ1) is 34.6. The quantitative estimate of drug-likeness (QED) is 0.102. The van der Waals surface area contributed by atoms with E-state index < -0.39 is 0 Å². The zero-order chi connectivity index (χ0) is 34.5. The average molecular weight is 647 g/mol. The van der Waals surface area contributed by atoms with Crippen LogP contribution in [0.3, 0.4) is 0 Å². The highest BCUT2D eigenvalue weighted by Gasteiger charge is 2.23. The number of nitrogens with zero attached hydrogens (tertiary/aromatic N) is 2. The Bertz CT molecular complexity index is 1850. The summed E-state index contributed by atoms with van der Waals surface area (Å²) in [5.41, 5.74) is 6.00. The second kappa shape index (κ2) is 15.0. The van der Waals surface area contributed by atoms with Gasteiger partial charge in [-0.3, -0.25) is 9.59 Å². The molecule has 0 saturated heterocycles. The lowest BCUT2D eigenvalue weighted by Crippen LogP contribution is -2.33. The van der Waals surface area contributed by atoms with Crippen LogP contribution >= 0.6 is 0 Å². The van der Waals surface area contributed by atoms with Crippen LogP contribution in [0.15, 0.2) is 73.1 Å². The molecule has 5 rings (SSSR count). The van der Waals surface area contributed by atoms with Crippen LogP contribution in [0.4, 0.5) is 0 Å². The maximum Gasteiger partial charge on any atom is 0.220 e. The summed E-state index contributed by atoms with van der Waals surface area (Å²) in [4.78, 5) is 41.3. The van der Waals surface area contributed by atoms with Crippen molar-refractivity contribution in [3.05, 3.63) is 84.7 Å². The van der Waals surface area contributed by atoms with Crippen molar-refractivity contribution in [1.82, 2.24) is 30.6 Å². The summed E-state index contributed by atoms with van der Waals surface area (Å²) in [6, 6.07) is 21.0. The number of imidazole rings is 2. The van der Waals surface area contributed by atoms with Crippen molar-refractivity contribution in [2.75, 3.05) is 0 Å². The molecule has 8 nitrogen and oxygen atoms in total. The Kier molecular flexibility index (Phi) is 10.8. The fraction of sp³-hybridized carbons (Fsp3) is 0.400. The Morgan fingerprint density at radius 2 is 0.958 bits per heavy atom. The zero-order valence-corrected chi connectivity index (χ0v) is 29.5. The summed E-state index contributed by atoms with van der Waals surface area (Å²) in [7, 11) is 0. The summed E-state index contributed by atoms with van der Waals surface area (Å²) in [6.07, 6.45) is 4.83. The first-order valence-corrected chi connectivity index (χ1v) is 17.2. The Hall–Kier alpha value is -4.72. The van der Waals surface area contributed by atoms with Crippen LogP contribution in [-0.4, -0.2) is 31.8 Å². The molecule has 5 aromatic rings. The number of carbonyl (C=O) groups is 2. The van der Waals surface area contributed by atoms with Crippen molar-refractivity contribution in [2.45, 2.75) is 80.3 Å². The number of benzene rings is 3. The SMILES string of the molecule is CC(C)CC(=O)NC(c1nc(-c2ccc(-c3ccc4cc(-c5c[nH]c(C(NC(=O)CC(C)C)C(C)C)n5)ccc4c3)cc2)c[nH]1)C(C)C. The van der Waals surface area contributed by atoms with Gasteiger partial charge in [0.05, 0.1) is 23.5 Å². The number of aromatic nitrogens is 4. The number of amides is 2. The maximum absolute atomic E-state index is 12.5. The lowest BCUT2D eigenvalue weighted by molar-refractivity contribution is -0.123. The Morgan fingerprint density at radius 3 is 1.42 bits per heavy atom. The highest BCUT2D eigenvalue weighted by atomic mass is 16.2. The van der Waals surface area contributed by atoms with Crippen LogP contribution in [0.5, 0.6) is 0 Å². The van der Waals surface area contributed by atoms with E-state index in [0.29, 0.717) is 24.7 Å². The third kappa shape index (κ3) is 8.40. The molecule has 8 heteroatoms. The molecule has 3 aromatic carbocycles. The van der Waals surface area contributed by atoms with E-state index in [0.717, 1.165) is 56.1 Å². The molecule has 0 radical (unpaired) electrons. The second-order valence-corrected chi connectivity index (χ2v) is 14.5. The van der Waals surface area contributed by atoms with E-state index in [9.17, 15) is 9.59 Å². The van der Waals surface area contributed by atoms with Crippen molar-refractivity contribution in [3.63, 3.8) is 0 Å². The highest BCUT2D eigenvalue weighted by Crippen LogP contribution is 2.31. The number of fused-ring (bicyclic) bond motifs is 1. The molecule has 0 saturated carbocycles. The predicted molar refractivity (Wildman–Crippen MR) is 195 cm³/mol. The molecule has 2 unspecified atom stereocenters. The van der Waals surface area contributed by atoms with Gasteiger partial charge >= 0.3 is 0 Å². The number of carbonyl (C=O) groups excluding carboxylic acids is 2. The third-order valence-electron chi connectivity index (χ3n) is 8.59. The summed E-state index contributed by atoms with van der Waals surface area (Å²) < 4.78 is 0. The fourth-order valence-electron chi connectivity index (χ4n) is 6.01. The topological polar surface area (TPSA) is 116 Å². The molecule has 0 aliphatic heterocycles. The van der Waals surface area contributed by atoms with Gasteiger partial charge in [0.1, 0.15) is 11.6 Å². The fourth-order valence-corrected chi connectivity index (χ4v) is 6.01. The summed E-state index contributed by atoms with van der Waals surface area (Å²) in [5.74, 6) is 2.65. The average Bonchev–Trinajstić information content (AvgIpc) is 3.72. The highest BCUT2D eigenvalue weighted by molar-refractivity contribution is 5.90. The van der Waals surface area contributed by atoms with Crippen molar-refractivity contribution < 1.29 is 9.59 Å². The van der Waals surface area contributed by atoms with E-state index in [2.05, 4.69) is 109 Å². The van der Waals surface area contributed by atoms with Crippen molar-refractivity contribution in [2.24, 2.45) is 23.7 Å². The van der Waals surface area contributed by atoms with Gasteiger partial charge in [-0.2, -0.15) is 0 Å². The molecule has 2 heterocycles. The van der Waals surface area contributed by atoms with Gasteiger partial charge in [0.25, 0.3) is 0 Å². The second-order valence-electron chi connectivity index (χ2n) is 14.5.